The van der Waals surface area contributed by atoms with Crippen LogP contribution in [-0.2, 0) is 17.8 Å². The molecular formula is C31H38ClNO5S. The van der Waals surface area contributed by atoms with Crippen molar-refractivity contribution in [3.05, 3.63) is 82.9 Å². The number of halogens is 1. The number of nitrogens with one attached hydrogen (secondary N) is 1. The molecule has 0 aliphatic heterocycles. The number of rotatable bonds is 15. The highest BCUT2D eigenvalue weighted by molar-refractivity contribution is 7.99. The lowest BCUT2D eigenvalue weighted by Gasteiger charge is -2.32. The van der Waals surface area contributed by atoms with Crippen LogP contribution in [0.5, 0.6) is 11.5 Å². The first kappa shape index (κ1) is 30.7. The standard InChI is InChI=1S/C31H38ClNO5S/c1-4-17-31(22-34,33-30(35)37-6-3)18-16-24-12-14-26(20-27(24)32)39-29-19-25(36-5-2)13-15-28(29)38-21-23-10-8-7-9-11-23/h7-15,19-20,34H,4-6,16-18,21-22H2,1-3H3,(H,33,35)/t31-/m0/s1. The van der Waals surface area contributed by atoms with Crippen LogP contribution in [0.3, 0.4) is 0 Å². The Kier molecular flexibility index (Phi) is 12.3. The van der Waals surface area contributed by atoms with Gasteiger partial charge >= 0.3 is 6.09 Å². The summed E-state index contributed by atoms with van der Waals surface area (Å²) in [6.45, 7) is 6.88. The zero-order valence-corrected chi connectivity index (χ0v) is 24.4. The fourth-order valence-electron chi connectivity index (χ4n) is 4.28. The number of carbonyl (C=O) groups excluding carboxylic acids is 1. The van der Waals surface area contributed by atoms with Gasteiger partial charge in [0, 0.05) is 9.92 Å². The van der Waals surface area contributed by atoms with E-state index in [9.17, 15) is 9.90 Å². The number of carbonyl (C=O) groups is 1. The summed E-state index contributed by atoms with van der Waals surface area (Å²) in [6.07, 6.45) is 2.07. The van der Waals surface area contributed by atoms with E-state index in [2.05, 4.69) is 5.32 Å². The van der Waals surface area contributed by atoms with Crippen LogP contribution in [0.25, 0.3) is 0 Å². The quantitative estimate of drug-likeness (QED) is 0.195. The minimum Gasteiger partial charge on any atom is -0.494 e. The van der Waals surface area contributed by atoms with Gasteiger partial charge in [-0.3, -0.25) is 0 Å². The highest BCUT2D eigenvalue weighted by Crippen LogP contribution is 2.39. The Morgan fingerprint density at radius 2 is 1.77 bits per heavy atom. The topological polar surface area (TPSA) is 77.0 Å². The maximum Gasteiger partial charge on any atom is 0.407 e. The molecule has 0 aliphatic carbocycles. The highest BCUT2D eigenvalue weighted by atomic mass is 35.5. The van der Waals surface area contributed by atoms with E-state index in [1.54, 1.807) is 18.7 Å². The van der Waals surface area contributed by atoms with Gasteiger partial charge in [-0.25, -0.2) is 4.79 Å². The molecule has 0 heterocycles. The average Bonchev–Trinajstić information content (AvgIpc) is 2.93. The van der Waals surface area contributed by atoms with Crippen LogP contribution in [0.4, 0.5) is 4.79 Å². The number of aliphatic hydroxyl groups is 1. The normalized spacial score (nSPS) is 12.4. The monoisotopic (exact) mass is 571 g/mol. The molecule has 210 valence electrons. The molecule has 0 saturated carbocycles. The Hall–Kier alpha value is -2.87. The molecule has 8 heteroatoms. The summed E-state index contributed by atoms with van der Waals surface area (Å²) in [5, 5.41) is 13.7. The first-order valence-corrected chi connectivity index (χ1v) is 14.6. The third-order valence-electron chi connectivity index (χ3n) is 6.26. The number of ether oxygens (including phenoxy) is 3. The molecule has 0 aliphatic rings. The summed E-state index contributed by atoms with van der Waals surface area (Å²) >= 11 is 8.28. The van der Waals surface area contributed by atoms with Crippen molar-refractivity contribution in [1.82, 2.24) is 5.32 Å². The predicted octanol–water partition coefficient (Wildman–Crippen LogP) is 7.68. The van der Waals surface area contributed by atoms with Gasteiger partial charge in [-0.1, -0.05) is 73.1 Å². The second-order valence-electron chi connectivity index (χ2n) is 9.21. The van der Waals surface area contributed by atoms with Gasteiger partial charge in [0.1, 0.15) is 18.1 Å². The molecule has 1 atom stereocenters. The molecular weight excluding hydrogens is 534 g/mol. The molecule has 6 nitrogen and oxygen atoms in total. The van der Waals surface area contributed by atoms with Gasteiger partial charge in [-0.2, -0.15) is 0 Å². The molecule has 0 radical (unpaired) electrons. The van der Waals surface area contributed by atoms with Crippen molar-refractivity contribution in [2.45, 2.75) is 68.4 Å². The summed E-state index contributed by atoms with van der Waals surface area (Å²) in [6, 6.07) is 21.8. The van der Waals surface area contributed by atoms with Gasteiger partial charge in [-0.15, -0.1) is 0 Å². The minimum absolute atomic E-state index is 0.173. The Balaban J connectivity index is 1.75. The van der Waals surface area contributed by atoms with Gasteiger partial charge < -0.3 is 24.6 Å². The number of alkyl carbamates (subject to hydrolysis) is 1. The number of amides is 1. The molecule has 0 fully saturated rings. The molecule has 0 saturated heterocycles. The molecule has 2 N–H and O–H groups in total. The fourth-order valence-corrected chi connectivity index (χ4v) is 5.59. The largest absolute Gasteiger partial charge is 0.494 e. The zero-order chi connectivity index (χ0) is 28.1. The maximum atomic E-state index is 12.1. The number of aliphatic hydroxyl groups excluding tert-OH is 1. The van der Waals surface area contributed by atoms with E-state index in [0.717, 1.165) is 38.8 Å². The summed E-state index contributed by atoms with van der Waals surface area (Å²) < 4.78 is 17.0. The van der Waals surface area contributed by atoms with Crippen LogP contribution in [0.15, 0.2) is 76.5 Å². The number of hydrogen-bond donors (Lipinski definition) is 2. The van der Waals surface area contributed by atoms with Crippen LogP contribution < -0.4 is 14.8 Å². The number of hydrogen-bond acceptors (Lipinski definition) is 6. The van der Waals surface area contributed by atoms with Crippen molar-refractivity contribution in [2.75, 3.05) is 19.8 Å². The molecule has 39 heavy (non-hydrogen) atoms. The Bertz CT molecular complexity index is 1190. The number of aryl methyl sites for hydroxylation is 1. The summed E-state index contributed by atoms with van der Waals surface area (Å²) in [5.41, 5.74) is 1.28. The summed E-state index contributed by atoms with van der Waals surface area (Å²) in [7, 11) is 0. The minimum atomic E-state index is -0.761. The molecule has 0 unspecified atom stereocenters. The van der Waals surface area contributed by atoms with Crippen LogP contribution >= 0.6 is 23.4 Å². The Morgan fingerprint density at radius 1 is 0.974 bits per heavy atom. The van der Waals surface area contributed by atoms with Crippen LogP contribution in [0.1, 0.15) is 51.2 Å². The molecule has 3 aromatic rings. The molecule has 0 spiro atoms. The van der Waals surface area contributed by atoms with Crippen molar-refractivity contribution in [3.8, 4) is 11.5 Å². The lowest BCUT2D eigenvalue weighted by Crippen LogP contribution is -2.51. The van der Waals surface area contributed by atoms with Crippen molar-refractivity contribution >= 4 is 29.5 Å². The van der Waals surface area contributed by atoms with Crippen LogP contribution in [0, 0.1) is 0 Å². The van der Waals surface area contributed by atoms with E-state index in [1.165, 1.54) is 0 Å². The van der Waals surface area contributed by atoms with E-state index in [1.807, 2.05) is 80.6 Å². The molecule has 0 bridgehead atoms. The molecule has 1 amide bonds. The lowest BCUT2D eigenvalue weighted by atomic mass is 9.87. The molecule has 0 aromatic heterocycles. The maximum absolute atomic E-state index is 12.1. The van der Waals surface area contributed by atoms with Crippen LogP contribution in [-0.4, -0.2) is 36.6 Å². The molecule has 3 aromatic carbocycles. The summed E-state index contributed by atoms with van der Waals surface area (Å²) in [5.74, 6) is 1.55. The van der Waals surface area contributed by atoms with Crippen molar-refractivity contribution in [3.63, 3.8) is 0 Å². The van der Waals surface area contributed by atoms with Crippen molar-refractivity contribution in [2.24, 2.45) is 0 Å². The zero-order valence-electron chi connectivity index (χ0n) is 22.9. The Morgan fingerprint density at radius 3 is 2.44 bits per heavy atom. The second kappa shape index (κ2) is 15.7. The first-order valence-electron chi connectivity index (χ1n) is 13.4. The first-order chi connectivity index (χ1) is 18.9. The van der Waals surface area contributed by atoms with Crippen molar-refractivity contribution in [1.29, 1.82) is 0 Å². The van der Waals surface area contributed by atoms with Gasteiger partial charge in [0.05, 0.1) is 30.3 Å². The van der Waals surface area contributed by atoms with E-state index < -0.39 is 11.6 Å². The van der Waals surface area contributed by atoms with Gasteiger partial charge in [0.25, 0.3) is 0 Å². The van der Waals surface area contributed by atoms with E-state index in [0.29, 0.717) is 37.5 Å². The third kappa shape index (κ3) is 9.38. The Labute approximate surface area is 241 Å². The van der Waals surface area contributed by atoms with Gasteiger partial charge in [-0.05, 0) is 74.6 Å². The second-order valence-corrected chi connectivity index (χ2v) is 10.7. The number of benzene rings is 3. The molecule has 3 rings (SSSR count). The van der Waals surface area contributed by atoms with Gasteiger partial charge in [0.15, 0.2) is 0 Å². The van der Waals surface area contributed by atoms with Gasteiger partial charge in [0.2, 0.25) is 0 Å². The predicted molar refractivity (Wildman–Crippen MR) is 157 cm³/mol. The van der Waals surface area contributed by atoms with E-state index in [4.69, 9.17) is 25.8 Å². The fraction of sp³-hybridized carbons (Fsp3) is 0.387. The van der Waals surface area contributed by atoms with E-state index >= 15 is 0 Å². The lowest BCUT2D eigenvalue weighted by molar-refractivity contribution is 0.105. The van der Waals surface area contributed by atoms with Crippen molar-refractivity contribution < 1.29 is 24.1 Å². The smallest absolute Gasteiger partial charge is 0.407 e. The van der Waals surface area contributed by atoms with Crippen LogP contribution in [0.2, 0.25) is 5.02 Å². The summed E-state index contributed by atoms with van der Waals surface area (Å²) in [4.78, 5) is 14.0. The average molecular weight is 572 g/mol. The van der Waals surface area contributed by atoms with E-state index in [-0.39, 0.29) is 13.2 Å². The highest BCUT2D eigenvalue weighted by Gasteiger charge is 2.31. The SMILES string of the molecule is CCC[C@@](CO)(CCc1ccc(Sc2cc(OCC)ccc2OCc2ccccc2)cc1Cl)NC(=O)OCC. The third-order valence-corrected chi connectivity index (χ3v) is 7.64.